The van der Waals surface area contributed by atoms with Crippen molar-refractivity contribution in [3.05, 3.63) is 71.2 Å². The lowest BCUT2D eigenvalue weighted by Crippen LogP contribution is -2.46. The second-order valence-corrected chi connectivity index (χ2v) is 9.05. The average molecular weight is 483 g/mol. The standard InChI is InChI=1S/C15H13F2NO2.C12H19N3/c1-8-6-10(20-3)7-12(17)14(8)15-11(16)4-5-13(18-15)9(2)19;1-9-5-11(13)8-15(7-9)12-3-4-14-6-10(12)2/h4-7H,1-3H3;3-4,6,9,11H,5,7-8,13H2,1-2H3/t;9-,11+/m.1/s1. The predicted octanol–water partition coefficient (Wildman–Crippen LogP) is 5.11. The minimum absolute atomic E-state index is 0.0337. The molecule has 3 aromatic rings. The number of carbonyl (C=O) groups excluding carboxylic acids is 1. The molecule has 0 saturated carbocycles. The molecular weight excluding hydrogens is 450 g/mol. The molecule has 1 aliphatic rings. The molecule has 8 heteroatoms. The van der Waals surface area contributed by atoms with Crippen LogP contribution in [0.2, 0.25) is 0 Å². The third-order valence-corrected chi connectivity index (χ3v) is 5.96. The first kappa shape index (κ1) is 26.2. The number of anilines is 1. The van der Waals surface area contributed by atoms with Gasteiger partial charge < -0.3 is 15.4 Å². The Morgan fingerprint density at radius 2 is 1.86 bits per heavy atom. The van der Waals surface area contributed by atoms with E-state index in [2.05, 4.69) is 34.8 Å². The molecule has 2 atom stereocenters. The highest BCUT2D eigenvalue weighted by Gasteiger charge is 2.23. The van der Waals surface area contributed by atoms with Crippen LogP contribution in [0.1, 0.15) is 41.9 Å². The second-order valence-electron chi connectivity index (χ2n) is 9.05. The third-order valence-electron chi connectivity index (χ3n) is 5.96. The number of nitrogens with two attached hydrogens (primary N) is 1. The molecule has 6 nitrogen and oxygen atoms in total. The summed E-state index contributed by atoms with van der Waals surface area (Å²) in [5, 5.41) is 0. The summed E-state index contributed by atoms with van der Waals surface area (Å²) in [5.41, 5.74) is 9.00. The van der Waals surface area contributed by atoms with Crippen molar-refractivity contribution in [1.29, 1.82) is 0 Å². The maximum absolute atomic E-state index is 14.1. The van der Waals surface area contributed by atoms with E-state index in [0.29, 0.717) is 23.3 Å². The van der Waals surface area contributed by atoms with Crippen molar-refractivity contribution in [3.63, 3.8) is 0 Å². The molecule has 1 saturated heterocycles. The van der Waals surface area contributed by atoms with Crippen molar-refractivity contribution < 1.29 is 18.3 Å². The molecule has 0 radical (unpaired) electrons. The molecule has 0 aliphatic carbocycles. The Hall–Kier alpha value is -3.39. The number of ether oxygens (including phenoxy) is 1. The summed E-state index contributed by atoms with van der Waals surface area (Å²) in [6.45, 7) is 9.40. The summed E-state index contributed by atoms with van der Waals surface area (Å²) in [6.07, 6.45) is 4.91. The van der Waals surface area contributed by atoms with Gasteiger partial charge in [0.25, 0.3) is 0 Å². The lowest BCUT2D eigenvalue weighted by atomic mass is 9.96. The highest BCUT2D eigenvalue weighted by atomic mass is 19.1. The fourth-order valence-corrected chi connectivity index (χ4v) is 4.36. The Morgan fingerprint density at radius 3 is 2.46 bits per heavy atom. The van der Waals surface area contributed by atoms with Crippen LogP contribution in [0.4, 0.5) is 14.5 Å². The Morgan fingerprint density at radius 1 is 1.11 bits per heavy atom. The lowest BCUT2D eigenvalue weighted by molar-refractivity contribution is 0.101. The molecule has 1 aliphatic heterocycles. The number of aromatic nitrogens is 2. The summed E-state index contributed by atoms with van der Waals surface area (Å²) in [4.78, 5) is 21.7. The number of piperidine rings is 1. The summed E-state index contributed by atoms with van der Waals surface area (Å²) >= 11 is 0. The normalized spacial score (nSPS) is 17.4. The number of Topliss-reactive ketones (excluding diaryl/α,β-unsaturated/α-hetero) is 1. The molecule has 0 bridgehead atoms. The quantitative estimate of drug-likeness (QED) is 0.521. The highest BCUT2D eigenvalue weighted by molar-refractivity contribution is 5.92. The van der Waals surface area contributed by atoms with Crippen LogP contribution in [0.3, 0.4) is 0 Å². The Labute approximate surface area is 205 Å². The Balaban J connectivity index is 0.000000203. The van der Waals surface area contributed by atoms with Crippen LogP contribution in [-0.2, 0) is 0 Å². The molecule has 0 amide bonds. The van der Waals surface area contributed by atoms with Gasteiger partial charge in [-0.05, 0) is 61.6 Å². The largest absolute Gasteiger partial charge is 0.497 e. The maximum Gasteiger partial charge on any atom is 0.178 e. The monoisotopic (exact) mass is 482 g/mol. The molecular formula is C27H32F2N4O2. The van der Waals surface area contributed by atoms with Crippen LogP contribution in [0.15, 0.2) is 42.7 Å². The molecule has 0 spiro atoms. The van der Waals surface area contributed by atoms with Crippen molar-refractivity contribution in [2.24, 2.45) is 11.7 Å². The number of rotatable bonds is 4. The number of halogens is 2. The maximum atomic E-state index is 14.1. The van der Waals surface area contributed by atoms with Crippen LogP contribution >= 0.6 is 0 Å². The van der Waals surface area contributed by atoms with Crippen LogP contribution in [0.5, 0.6) is 5.75 Å². The third kappa shape index (κ3) is 6.39. The van der Waals surface area contributed by atoms with E-state index >= 15 is 0 Å². The smallest absolute Gasteiger partial charge is 0.178 e. The van der Waals surface area contributed by atoms with E-state index in [9.17, 15) is 13.6 Å². The number of aryl methyl sites for hydroxylation is 2. The molecule has 4 rings (SSSR count). The van der Waals surface area contributed by atoms with Crippen LogP contribution in [0.25, 0.3) is 11.3 Å². The van der Waals surface area contributed by atoms with Crippen LogP contribution in [-0.4, -0.2) is 42.0 Å². The zero-order valence-electron chi connectivity index (χ0n) is 20.8. The molecule has 1 aromatic carbocycles. The van der Waals surface area contributed by atoms with Crippen molar-refractivity contribution in [2.45, 2.75) is 40.2 Å². The summed E-state index contributed by atoms with van der Waals surface area (Å²) < 4.78 is 33.0. The van der Waals surface area contributed by atoms with E-state index in [0.717, 1.165) is 31.6 Å². The Bertz CT molecular complexity index is 1170. The van der Waals surface area contributed by atoms with Crippen molar-refractivity contribution in [3.8, 4) is 17.0 Å². The highest BCUT2D eigenvalue weighted by Crippen LogP contribution is 2.31. The number of methoxy groups -OCH3 is 1. The van der Waals surface area contributed by atoms with Gasteiger partial charge in [-0.3, -0.25) is 9.78 Å². The van der Waals surface area contributed by atoms with Crippen LogP contribution in [0, 0.1) is 31.4 Å². The van der Waals surface area contributed by atoms with E-state index in [4.69, 9.17) is 10.5 Å². The van der Waals surface area contributed by atoms with Crippen LogP contribution < -0.4 is 15.4 Å². The van der Waals surface area contributed by atoms with Crippen molar-refractivity contribution >= 4 is 11.5 Å². The van der Waals surface area contributed by atoms with Crippen molar-refractivity contribution in [2.75, 3.05) is 25.1 Å². The summed E-state index contributed by atoms with van der Waals surface area (Å²) in [6, 6.07) is 7.52. The van der Waals surface area contributed by atoms with Gasteiger partial charge in [0.2, 0.25) is 0 Å². The number of nitrogens with zero attached hydrogens (tertiary/aromatic N) is 3. The SMILES string of the molecule is COc1cc(C)c(-c2nc(C(C)=O)ccc2F)c(F)c1.Cc1cnccc1N1C[C@H](C)C[C@H](N)C1. The Kier molecular flexibility index (Phi) is 8.51. The van der Waals surface area contributed by atoms with Gasteiger partial charge in [0.05, 0.1) is 7.11 Å². The zero-order valence-corrected chi connectivity index (χ0v) is 20.8. The molecule has 0 unspecified atom stereocenters. The van der Waals surface area contributed by atoms with E-state index < -0.39 is 11.6 Å². The summed E-state index contributed by atoms with van der Waals surface area (Å²) in [7, 11) is 1.42. The summed E-state index contributed by atoms with van der Waals surface area (Å²) in [5.74, 6) is -0.609. The molecule has 186 valence electrons. The second kappa shape index (κ2) is 11.4. The topological polar surface area (TPSA) is 81.3 Å². The van der Waals surface area contributed by atoms with Gasteiger partial charge in [-0.1, -0.05) is 6.92 Å². The number of hydrogen-bond donors (Lipinski definition) is 1. The number of pyridine rings is 2. The molecule has 35 heavy (non-hydrogen) atoms. The van der Waals surface area contributed by atoms with Gasteiger partial charge in [-0.15, -0.1) is 0 Å². The van der Waals surface area contributed by atoms with E-state index in [1.807, 2.05) is 12.4 Å². The number of ketones is 1. The molecule has 1 fully saturated rings. The van der Waals surface area contributed by atoms with Gasteiger partial charge >= 0.3 is 0 Å². The fraction of sp³-hybridized carbons (Fsp3) is 0.370. The van der Waals surface area contributed by atoms with Gasteiger partial charge in [-0.25, -0.2) is 13.8 Å². The minimum atomic E-state index is -0.679. The predicted molar refractivity (Wildman–Crippen MR) is 134 cm³/mol. The molecule has 2 aromatic heterocycles. The van der Waals surface area contributed by atoms with E-state index in [1.54, 1.807) is 13.0 Å². The van der Waals surface area contributed by atoms with Gasteiger partial charge in [0.1, 0.15) is 28.8 Å². The molecule has 2 N–H and O–H groups in total. The fourth-order valence-electron chi connectivity index (χ4n) is 4.36. The number of benzene rings is 1. The molecule has 3 heterocycles. The first-order valence-electron chi connectivity index (χ1n) is 11.5. The number of carbonyl (C=O) groups is 1. The first-order chi connectivity index (χ1) is 16.6. The average Bonchev–Trinajstić information content (AvgIpc) is 2.79. The number of hydrogen-bond acceptors (Lipinski definition) is 6. The zero-order chi connectivity index (χ0) is 25.7. The van der Waals surface area contributed by atoms with Gasteiger partial charge in [0.15, 0.2) is 5.78 Å². The lowest BCUT2D eigenvalue weighted by Gasteiger charge is -2.37. The minimum Gasteiger partial charge on any atom is -0.497 e. The van der Waals surface area contributed by atoms with E-state index in [1.165, 1.54) is 31.4 Å². The van der Waals surface area contributed by atoms with E-state index in [-0.39, 0.29) is 22.7 Å². The van der Waals surface area contributed by atoms with Gasteiger partial charge in [-0.2, -0.15) is 0 Å². The van der Waals surface area contributed by atoms with Gasteiger partial charge in [0, 0.05) is 55.8 Å². The van der Waals surface area contributed by atoms with Crippen molar-refractivity contribution in [1.82, 2.24) is 9.97 Å². The first-order valence-corrected chi connectivity index (χ1v) is 11.5.